The predicted molar refractivity (Wildman–Crippen MR) is 112 cm³/mol. The van der Waals surface area contributed by atoms with Gasteiger partial charge in [-0.15, -0.1) is 0 Å². The summed E-state index contributed by atoms with van der Waals surface area (Å²) >= 11 is 0. The van der Waals surface area contributed by atoms with Crippen molar-refractivity contribution in [2.24, 2.45) is 16.2 Å². The lowest BCUT2D eigenvalue weighted by Gasteiger charge is -2.35. The molecule has 0 aromatic rings. The minimum atomic E-state index is -0.373. The van der Waals surface area contributed by atoms with E-state index in [9.17, 15) is 9.59 Å². The molecule has 0 aliphatic heterocycles. The third-order valence-electron chi connectivity index (χ3n) is 7.58. The van der Waals surface area contributed by atoms with Crippen molar-refractivity contribution >= 4 is 11.6 Å². The molecule has 1 N–H and O–H groups in total. The van der Waals surface area contributed by atoms with Crippen LogP contribution in [0.3, 0.4) is 0 Å². The summed E-state index contributed by atoms with van der Waals surface area (Å²) in [5.74, 6) is 0.428. The van der Waals surface area contributed by atoms with E-state index in [-0.39, 0.29) is 33.9 Å². The standard InChI is InChI=1S/C23H45NO2/c1-10-21(7,11-2)17-24-18(20(26)23(9,14-5)15-6)16-19(25)22(8,12-3)13-4/h18,24H,10-17H2,1-9H3. The van der Waals surface area contributed by atoms with Gasteiger partial charge in [0.2, 0.25) is 0 Å². The molecule has 0 aliphatic carbocycles. The maximum Gasteiger partial charge on any atom is 0.156 e. The Hall–Kier alpha value is -0.700. The average molecular weight is 368 g/mol. The quantitative estimate of drug-likeness (QED) is 0.412. The summed E-state index contributed by atoms with van der Waals surface area (Å²) in [5.41, 5.74) is -0.523. The van der Waals surface area contributed by atoms with Crippen LogP contribution in [0.1, 0.15) is 107 Å². The number of Topliss-reactive ketones (excluding diaryl/α,β-unsaturated/α-hetero) is 2. The van der Waals surface area contributed by atoms with Gasteiger partial charge in [0, 0.05) is 23.8 Å². The summed E-state index contributed by atoms with van der Waals surface area (Å²) in [4.78, 5) is 26.4. The Kier molecular flexibility index (Phi) is 10.3. The molecule has 26 heavy (non-hydrogen) atoms. The van der Waals surface area contributed by atoms with Crippen LogP contribution >= 0.6 is 0 Å². The topological polar surface area (TPSA) is 46.2 Å². The summed E-state index contributed by atoms with van der Waals surface area (Å²) in [6.07, 6.45) is 5.71. The van der Waals surface area contributed by atoms with E-state index in [4.69, 9.17) is 0 Å². The zero-order chi connectivity index (χ0) is 20.6. The first-order valence-corrected chi connectivity index (χ1v) is 10.8. The highest BCUT2D eigenvalue weighted by molar-refractivity contribution is 5.95. The molecule has 0 saturated heterocycles. The lowest BCUT2D eigenvalue weighted by molar-refractivity contribution is -0.136. The number of carbonyl (C=O) groups is 2. The second kappa shape index (κ2) is 10.6. The van der Waals surface area contributed by atoms with Crippen molar-refractivity contribution < 1.29 is 9.59 Å². The van der Waals surface area contributed by atoms with Crippen LogP contribution in [0.5, 0.6) is 0 Å². The molecule has 0 aliphatic rings. The summed E-state index contributed by atoms with van der Waals surface area (Å²) < 4.78 is 0. The molecule has 3 heteroatoms. The minimum absolute atomic E-state index is 0.162. The van der Waals surface area contributed by atoms with Crippen molar-refractivity contribution in [1.29, 1.82) is 0 Å². The van der Waals surface area contributed by atoms with Crippen LogP contribution in [-0.2, 0) is 9.59 Å². The molecule has 0 heterocycles. The molecule has 0 rings (SSSR count). The van der Waals surface area contributed by atoms with E-state index in [2.05, 4.69) is 53.8 Å². The van der Waals surface area contributed by atoms with E-state index in [0.29, 0.717) is 6.42 Å². The molecule has 1 unspecified atom stereocenters. The summed E-state index contributed by atoms with van der Waals surface area (Å²) in [6, 6.07) is -0.373. The van der Waals surface area contributed by atoms with E-state index < -0.39 is 0 Å². The Morgan fingerprint density at radius 3 is 1.50 bits per heavy atom. The van der Waals surface area contributed by atoms with Crippen LogP contribution in [0.15, 0.2) is 0 Å². The summed E-state index contributed by atoms with van der Waals surface area (Å²) in [5, 5.41) is 3.52. The van der Waals surface area contributed by atoms with Gasteiger partial charge < -0.3 is 5.32 Å². The molecule has 0 fully saturated rings. The van der Waals surface area contributed by atoms with Gasteiger partial charge in [0.1, 0.15) is 5.78 Å². The average Bonchev–Trinajstić information content (AvgIpc) is 2.68. The van der Waals surface area contributed by atoms with Crippen LogP contribution < -0.4 is 5.32 Å². The second-order valence-electron chi connectivity index (χ2n) is 8.98. The minimum Gasteiger partial charge on any atom is -0.307 e. The van der Waals surface area contributed by atoms with Crippen LogP contribution in [0.2, 0.25) is 0 Å². The molecule has 0 spiro atoms. The van der Waals surface area contributed by atoms with E-state index in [1.54, 1.807) is 0 Å². The Morgan fingerprint density at radius 2 is 1.15 bits per heavy atom. The highest BCUT2D eigenvalue weighted by Gasteiger charge is 2.39. The first-order valence-electron chi connectivity index (χ1n) is 10.8. The molecule has 0 bridgehead atoms. The number of nitrogens with one attached hydrogen (secondary N) is 1. The largest absolute Gasteiger partial charge is 0.307 e. The Labute approximate surface area is 163 Å². The Morgan fingerprint density at radius 1 is 0.731 bits per heavy atom. The predicted octanol–water partition coefficient (Wildman–Crippen LogP) is 5.95. The summed E-state index contributed by atoms with van der Waals surface area (Å²) in [7, 11) is 0. The van der Waals surface area contributed by atoms with Gasteiger partial charge >= 0.3 is 0 Å². The summed E-state index contributed by atoms with van der Waals surface area (Å²) in [6.45, 7) is 19.8. The fourth-order valence-electron chi connectivity index (χ4n) is 3.22. The van der Waals surface area contributed by atoms with Gasteiger partial charge in [-0.25, -0.2) is 0 Å². The van der Waals surface area contributed by atoms with Gasteiger partial charge in [0.05, 0.1) is 6.04 Å². The van der Waals surface area contributed by atoms with Gasteiger partial charge in [0.25, 0.3) is 0 Å². The van der Waals surface area contributed by atoms with Crippen LogP contribution in [0, 0.1) is 16.2 Å². The highest BCUT2D eigenvalue weighted by atomic mass is 16.1. The fraction of sp³-hybridized carbons (Fsp3) is 0.913. The van der Waals surface area contributed by atoms with E-state index in [1.165, 1.54) is 0 Å². The SMILES string of the molecule is CCC(C)(CC)CNC(CC(=O)C(C)(CC)CC)C(=O)C(C)(CC)CC. The monoisotopic (exact) mass is 367 g/mol. The molecule has 0 radical (unpaired) electrons. The fourth-order valence-corrected chi connectivity index (χ4v) is 3.22. The van der Waals surface area contributed by atoms with E-state index in [1.807, 2.05) is 13.8 Å². The maximum atomic E-state index is 13.3. The molecule has 0 aromatic carbocycles. The third kappa shape index (κ3) is 6.18. The van der Waals surface area contributed by atoms with Crippen LogP contribution in [0.4, 0.5) is 0 Å². The van der Waals surface area contributed by atoms with E-state index >= 15 is 0 Å². The number of hydrogen-bond donors (Lipinski definition) is 1. The maximum absolute atomic E-state index is 13.3. The number of carbonyl (C=O) groups excluding carboxylic acids is 2. The van der Waals surface area contributed by atoms with Gasteiger partial charge in [0.15, 0.2) is 5.78 Å². The molecular weight excluding hydrogens is 322 g/mol. The lowest BCUT2D eigenvalue weighted by atomic mass is 9.73. The molecule has 3 nitrogen and oxygen atoms in total. The molecular formula is C23H45NO2. The number of ketones is 2. The zero-order valence-electron chi connectivity index (χ0n) is 19.1. The highest BCUT2D eigenvalue weighted by Crippen LogP contribution is 2.33. The third-order valence-corrected chi connectivity index (χ3v) is 7.58. The van der Waals surface area contributed by atoms with Crippen LogP contribution in [0.25, 0.3) is 0 Å². The molecule has 1 atom stereocenters. The molecule has 0 amide bonds. The van der Waals surface area contributed by atoms with Gasteiger partial charge in [-0.2, -0.15) is 0 Å². The van der Waals surface area contributed by atoms with Crippen molar-refractivity contribution in [3.05, 3.63) is 0 Å². The zero-order valence-corrected chi connectivity index (χ0v) is 19.1. The van der Waals surface area contributed by atoms with Gasteiger partial charge in [-0.3, -0.25) is 9.59 Å². The molecule has 0 aromatic heterocycles. The normalized spacial score (nSPS) is 14.3. The van der Waals surface area contributed by atoms with Crippen molar-refractivity contribution in [1.82, 2.24) is 5.32 Å². The Bertz CT molecular complexity index is 443. The number of hydrogen-bond acceptors (Lipinski definition) is 3. The Balaban J connectivity index is 5.54. The smallest absolute Gasteiger partial charge is 0.156 e. The van der Waals surface area contributed by atoms with Gasteiger partial charge in [-0.1, -0.05) is 62.3 Å². The molecule has 0 saturated carbocycles. The van der Waals surface area contributed by atoms with Crippen LogP contribution in [-0.4, -0.2) is 24.2 Å². The van der Waals surface area contributed by atoms with Crippen molar-refractivity contribution in [2.45, 2.75) is 113 Å². The lowest BCUT2D eigenvalue weighted by Crippen LogP contribution is -2.50. The van der Waals surface area contributed by atoms with Gasteiger partial charge in [-0.05, 0) is 43.9 Å². The second-order valence-corrected chi connectivity index (χ2v) is 8.98. The van der Waals surface area contributed by atoms with Crippen molar-refractivity contribution in [2.75, 3.05) is 6.54 Å². The molecule has 154 valence electrons. The first-order chi connectivity index (χ1) is 12.0. The number of rotatable bonds is 14. The first kappa shape index (κ1) is 25.3. The van der Waals surface area contributed by atoms with Crippen molar-refractivity contribution in [3.8, 4) is 0 Å². The van der Waals surface area contributed by atoms with Crippen molar-refractivity contribution in [3.63, 3.8) is 0 Å². The van der Waals surface area contributed by atoms with E-state index in [0.717, 1.165) is 45.1 Å².